The number of hydrogen-bond donors (Lipinski definition) is 2. The minimum absolute atomic E-state index is 0.0579. The van der Waals surface area contributed by atoms with Crippen LogP contribution in [0.2, 0.25) is 0 Å². The van der Waals surface area contributed by atoms with Crippen molar-refractivity contribution >= 4 is 5.91 Å². The van der Waals surface area contributed by atoms with Crippen LogP contribution in [-0.4, -0.2) is 18.0 Å². The molecule has 1 aromatic carbocycles. The van der Waals surface area contributed by atoms with E-state index >= 15 is 0 Å². The van der Waals surface area contributed by atoms with Gasteiger partial charge in [0.25, 0.3) is 0 Å². The molecule has 18 heavy (non-hydrogen) atoms. The molecule has 0 saturated heterocycles. The first-order chi connectivity index (χ1) is 8.39. The zero-order valence-corrected chi connectivity index (χ0v) is 10.7. The van der Waals surface area contributed by atoms with Crippen LogP contribution in [0.15, 0.2) is 24.3 Å². The number of amides is 1. The summed E-state index contributed by atoms with van der Waals surface area (Å²) in [5, 5.41) is 2.96. The minimum Gasteiger partial charge on any atom is -0.352 e. The van der Waals surface area contributed by atoms with E-state index in [9.17, 15) is 9.18 Å². The van der Waals surface area contributed by atoms with Gasteiger partial charge in [-0.05, 0) is 24.1 Å². The Hall–Kier alpha value is -1.42. The maximum absolute atomic E-state index is 13.0. The normalized spacial score (nSPS) is 25.3. The van der Waals surface area contributed by atoms with Crippen molar-refractivity contribution < 1.29 is 9.18 Å². The highest BCUT2D eigenvalue weighted by atomic mass is 19.1. The Morgan fingerprint density at radius 2 is 2.28 bits per heavy atom. The fourth-order valence-electron chi connectivity index (χ4n) is 2.28. The van der Waals surface area contributed by atoms with Crippen molar-refractivity contribution in [2.45, 2.75) is 38.8 Å². The van der Waals surface area contributed by atoms with Crippen LogP contribution in [-0.2, 0) is 11.2 Å². The molecular formula is C14H19FN2O. The molecule has 0 heterocycles. The SMILES string of the molecule is CC1(C)C(N)CC1NC(=O)Cc1cccc(F)c1. The third-order valence-electron chi connectivity index (χ3n) is 3.93. The summed E-state index contributed by atoms with van der Waals surface area (Å²) in [5.74, 6) is -0.392. The Balaban J connectivity index is 1.90. The summed E-state index contributed by atoms with van der Waals surface area (Å²) in [6, 6.07) is 6.37. The molecule has 0 aromatic heterocycles. The largest absolute Gasteiger partial charge is 0.352 e. The van der Waals surface area contributed by atoms with Crippen molar-refractivity contribution in [2.24, 2.45) is 11.1 Å². The van der Waals surface area contributed by atoms with E-state index in [2.05, 4.69) is 5.32 Å². The van der Waals surface area contributed by atoms with E-state index in [1.165, 1.54) is 12.1 Å². The molecule has 2 atom stereocenters. The van der Waals surface area contributed by atoms with Gasteiger partial charge < -0.3 is 11.1 Å². The van der Waals surface area contributed by atoms with E-state index in [1.807, 2.05) is 13.8 Å². The van der Waals surface area contributed by atoms with Gasteiger partial charge in [0.1, 0.15) is 5.82 Å². The molecule has 1 aromatic rings. The molecule has 1 amide bonds. The molecule has 3 nitrogen and oxygen atoms in total. The predicted molar refractivity (Wildman–Crippen MR) is 68.4 cm³/mol. The molecule has 1 aliphatic carbocycles. The quantitative estimate of drug-likeness (QED) is 0.856. The Morgan fingerprint density at radius 3 is 2.83 bits per heavy atom. The number of rotatable bonds is 3. The molecule has 0 bridgehead atoms. The van der Waals surface area contributed by atoms with Gasteiger partial charge in [-0.3, -0.25) is 4.79 Å². The lowest BCUT2D eigenvalue weighted by Gasteiger charge is -2.50. The third-order valence-corrected chi connectivity index (χ3v) is 3.93. The second-order valence-corrected chi connectivity index (χ2v) is 5.59. The zero-order chi connectivity index (χ0) is 13.3. The minimum atomic E-state index is -0.314. The van der Waals surface area contributed by atoms with Gasteiger partial charge >= 0.3 is 0 Å². The van der Waals surface area contributed by atoms with E-state index in [1.54, 1.807) is 12.1 Å². The van der Waals surface area contributed by atoms with Gasteiger partial charge in [-0.25, -0.2) is 4.39 Å². The highest BCUT2D eigenvalue weighted by molar-refractivity contribution is 5.79. The van der Waals surface area contributed by atoms with Crippen molar-refractivity contribution in [2.75, 3.05) is 0 Å². The summed E-state index contributed by atoms with van der Waals surface area (Å²) in [4.78, 5) is 11.8. The standard InChI is InChI=1S/C14H19FN2O/c1-14(2)11(16)8-12(14)17-13(18)7-9-4-3-5-10(15)6-9/h3-6,11-12H,7-8,16H2,1-2H3,(H,17,18). The second kappa shape index (κ2) is 4.69. The molecule has 2 rings (SSSR count). The molecule has 0 radical (unpaired) electrons. The topological polar surface area (TPSA) is 55.1 Å². The van der Waals surface area contributed by atoms with Crippen LogP contribution in [0, 0.1) is 11.2 Å². The summed E-state index contributed by atoms with van der Waals surface area (Å²) in [6.45, 7) is 4.10. The second-order valence-electron chi connectivity index (χ2n) is 5.59. The first-order valence-electron chi connectivity index (χ1n) is 6.19. The summed E-state index contributed by atoms with van der Waals surface area (Å²) < 4.78 is 13.0. The van der Waals surface area contributed by atoms with Crippen LogP contribution in [0.4, 0.5) is 4.39 Å². The van der Waals surface area contributed by atoms with Crippen LogP contribution in [0.5, 0.6) is 0 Å². The number of carbonyl (C=O) groups is 1. The molecular weight excluding hydrogens is 231 g/mol. The Morgan fingerprint density at radius 1 is 1.56 bits per heavy atom. The van der Waals surface area contributed by atoms with Gasteiger partial charge in [-0.1, -0.05) is 26.0 Å². The Kier molecular flexibility index (Phi) is 3.39. The van der Waals surface area contributed by atoms with E-state index in [4.69, 9.17) is 5.73 Å². The number of benzene rings is 1. The van der Waals surface area contributed by atoms with E-state index in [0.29, 0.717) is 5.56 Å². The van der Waals surface area contributed by atoms with Crippen LogP contribution in [0.25, 0.3) is 0 Å². The molecule has 1 fully saturated rings. The molecule has 0 aliphatic heterocycles. The summed E-state index contributed by atoms with van der Waals surface area (Å²) in [6.07, 6.45) is 1.02. The lowest BCUT2D eigenvalue weighted by molar-refractivity contribution is -0.123. The lowest BCUT2D eigenvalue weighted by Crippen LogP contribution is -2.64. The van der Waals surface area contributed by atoms with Crippen LogP contribution < -0.4 is 11.1 Å². The van der Waals surface area contributed by atoms with Crippen LogP contribution in [0.1, 0.15) is 25.8 Å². The van der Waals surface area contributed by atoms with Crippen molar-refractivity contribution in [3.05, 3.63) is 35.6 Å². The van der Waals surface area contributed by atoms with Gasteiger partial charge in [0.2, 0.25) is 5.91 Å². The molecule has 98 valence electrons. The number of hydrogen-bond acceptors (Lipinski definition) is 2. The van der Waals surface area contributed by atoms with Crippen LogP contribution in [0.3, 0.4) is 0 Å². The fourth-order valence-corrected chi connectivity index (χ4v) is 2.28. The maximum atomic E-state index is 13.0. The number of nitrogens with two attached hydrogens (primary N) is 1. The smallest absolute Gasteiger partial charge is 0.224 e. The average molecular weight is 250 g/mol. The van der Waals surface area contributed by atoms with Gasteiger partial charge in [-0.15, -0.1) is 0 Å². The van der Waals surface area contributed by atoms with Crippen LogP contribution >= 0.6 is 0 Å². The number of carbonyl (C=O) groups excluding carboxylic acids is 1. The summed E-state index contributed by atoms with van der Waals surface area (Å²) >= 11 is 0. The van der Waals surface area contributed by atoms with Gasteiger partial charge in [0.15, 0.2) is 0 Å². The van der Waals surface area contributed by atoms with E-state index in [0.717, 1.165) is 6.42 Å². The van der Waals surface area contributed by atoms with Crippen molar-refractivity contribution in [3.63, 3.8) is 0 Å². The third kappa shape index (κ3) is 2.53. The monoisotopic (exact) mass is 250 g/mol. The van der Waals surface area contributed by atoms with Crippen molar-refractivity contribution in [3.8, 4) is 0 Å². The highest BCUT2D eigenvalue weighted by Crippen LogP contribution is 2.38. The van der Waals surface area contributed by atoms with Crippen molar-refractivity contribution in [1.29, 1.82) is 0 Å². The average Bonchev–Trinajstić information content (AvgIpc) is 2.28. The predicted octanol–water partition coefficient (Wildman–Crippen LogP) is 1.61. The summed E-state index contributed by atoms with van der Waals surface area (Å²) in [7, 11) is 0. The molecule has 4 heteroatoms. The first kappa shape index (κ1) is 13.0. The highest BCUT2D eigenvalue weighted by Gasteiger charge is 2.46. The van der Waals surface area contributed by atoms with Gasteiger partial charge in [0.05, 0.1) is 6.42 Å². The molecule has 0 spiro atoms. The maximum Gasteiger partial charge on any atom is 0.224 e. The Bertz CT molecular complexity index is 459. The summed E-state index contributed by atoms with van der Waals surface area (Å²) in [5.41, 5.74) is 6.52. The molecule has 2 unspecified atom stereocenters. The number of halogens is 1. The molecule has 1 aliphatic rings. The zero-order valence-electron chi connectivity index (χ0n) is 10.7. The first-order valence-corrected chi connectivity index (χ1v) is 6.19. The van der Waals surface area contributed by atoms with E-state index < -0.39 is 0 Å². The van der Waals surface area contributed by atoms with Gasteiger partial charge in [-0.2, -0.15) is 0 Å². The molecule has 3 N–H and O–H groups in total. The van der Waals surface area contributed by atoms with Gasteiger partial charge in [0, 0.05) is 17.5 Å². The lowest BCUT2D eigenvalue weighted by atomic mass is 9.63. The van der Waals surface area contributed by atoms with Crippen molar-refractivity contribution in [1.82, 2.24) is 5.32 Å². The van der Waals surface area contributed by atoms with E-state index in [-0.39, 0.29) is 35.6 Å². The fraction of sp³-hybridized carbons (Fsp3) is 0.500. The molecule has 1 saturated carbocycles. The Labute approximate surface area is 107 Å². The number of nitrogens with one attached hydrogen (secondary N) is 1.